The zero-order chi connectivity index (χ0) is 19.7. The van der Waals surface area contributed by atoms with Crippen LogP contribution >= 0.6 is 12.4 Å². The first-order chi connectivity index (χ1) is 12.7. The van der Waals surface area contributed by atoms with Gasteiger partial charge in [-0.25, -0.2) is 0 Å². The highest BCUT2D eigenvalue weighted by molar-refractivity contribution is 5.85. The van der Waals surface area contributed by atoms with E-state index in [1.54, 1.807) is 0 Å². The van der Waals surface area contributed by atoms with Crippen molar-refractivity contribution in [2.24, 2.45) is 5.92 Å². The summed E-state index contributed by atoms with van der Waals surface area (Å²) < 4.78 is 80.7. The second kappa shape index (κ2) is 9.22. The van der Waals surface area contributed by atoms with Crippen LogP contribution in [-0.4, -0.2) is 31.1 Å². The first-order valence-electron chi connectivity index (χ1n) is 9.41. The predicted octanol–water partition coefficient (Wildman–Crippen LogP) is 5.67. The summed E-state index contributed by atoms with van der Waals surface area (Å²) in [7, 11) is 0. The van der Waals surface area contributed by atoms with Crippen molar-refractivity contribution in [3.05, 3.63) is 34.9 Å². The van der Waals surface area contributed by atoms with Gasteiger partial charge in [-0.1, -0.05) is 19.3 Å². The van der Waals surface area contributed by atoms with Gasteiger partial charge in [-0.05, 0) is 42.5 Å². The monoisotopic (exact) mass is 430 g/mol. The lowest BCUT2D eigenvalue weighted by molar-refractivity contribution is -0.142. The van der Waals surface area contributed by atoms with Gasteiger partial charge in [-0.2, -0.15) is 26.3 Å². The fraction of sp³-hybridized carbons (Fsp3) is 0.684. The molecule has 160 valence electrons. The molecule has 0 spiro atoms. The number of alkyl halides is 6. The number of hydrogen-bond acceptors (Lipinski definition) is 2. The maximum absolute atomic E-state index is 13.7. The van der Waals surface area contributed by atoms with Gasteiger partial charge in [0.05, 0.1) is 11.1 Å². The van der Waals surface area contributed by atoms with E-state index in [0.717, 1.165) is 38.2 Å². The molecule has 1 saturated heterocycles. The lowest BCUT2D eigenvalue weighted by Gasteiger charge is -2.42. The lowest BCUT2D eigenvalue weighted by Crippen LogP contribution is -2.47. The number of nitrogens with zero attached hydrogens (tertiary/aromatic N) is 1. The Kier molecular flexibility index (Phi) is 7.67. The fourth-order valence-electron chi connectivity index (χ4n) is 4.40. The summed E-state index contributed by atoms with van der Waals surface area (Å²) in [5.74, 6) is -0.0542. The Hall–Kier alpha value is -0.990. The zero-order valence-electron chi connectivity index (χ0n) is 15.4. The summed E-state index contributed by atoms with van der Waals surface area (Å²) in [6.45, 7) is 2.33. The maximum atomic E-state index is 13.7. The summed E-state index contributed by atoms with van der Waals surface area (Å²) in [5, 5.41) is 3.16. The molecule has 3 rings (SSSR count). The fourth-order valence-corrected chi connectivity index (χ4v) is 4.40. The van der Waals surface area contributed by atoms with E-state index in [2.05, 4.69) is 5.32 Å². The summed E-state index contributed by atoms with van der Waals surface area (Å²) >= 11 is 0. The Morgan fingerprint density at radius 1 is 0.893 bits per heavy atom. The van der Waals surface area contributed by atoms with Gasteiger partial charge in [0.1, 0.15) is 0 Å². The van der Waals surface area contributed by atoms with Crippen LogP contribution in [0.1, 0.15) is 54.8 Å². The number of nitrogens with one attached hydrogen (secondary N) is 1. The van der Waals surface area contributed by atoms with E-state index in [1.165, 1.54) is 0 Å². The van der Waals surface area contributed by atoms with Gasteiger partial charge in [0, 0.05) is 32.2 Å². The topological polar surface area (TPSA) is 15.3 Å². The Morgan fingerprint density at radius 3 is 2.04 bits per heavy atom. The molecular formula is C19H25ClF6N2. The molecule has 1 atom stereocenters. The number of halogens is 7. The minimum absolute atomic E-state index is 0. The molecule has 1 aromatic rings. The molecule has 1 aliphatic carbocycles. The van der Waals surface area contributed by atoms with Gasteiger partial charge in [0.25, 0.3) is 0 Å². The third kappa shape index (κ3) is 5.33. The highest BCUT2D eigenvalue weighted by atomic mass is 35.5. The van der Waals surface area contributed by atoms with E-state index in [4.69, 9.17) is 0 Å². The first kappa shape index (κ1) is 23.3. The average molecular weight is 431 g/mol. The van der Waals surface area contributed by atoms with Crippen LogP contribution in [0.5, 0.6) is 0 Å². The number of benzene rings is 1. The second-order valence-corrected chi connectivity index (χ2v) is 7.43. The third-order valence-electron chi connectivity index (χ3n) is 5.64. The largest absolute Gasteiger partial charge is 0.416 e. The van der Waals surface area contributed by atoms with Crippen molar-refractivity contribution in [2.75, 3.05) is 26.2 Å². The third-order valence-corrected chi connectivity index (χ3v) is 5.64. The number of rotatable bonds is 3. The molecular weight excluding hydrogens is 406 g/mol. The number of piperazine rings is 1. The van der Waals surface area contributed by atoms with Gasteiger partial charge in [-0.3, -0.25) is 4.90 Å². The molecule has 1 saturated carbocycles. The van der Waals surface area contributed by atoms with Crippen molar-refractivity contribution in [1.29, 1.82) is 0 Å². The van der Waals surface area contributed by atoms with E-state index in [-0.39, 0.29) is 23.9 Å². The first-order valence-corrected chi connectivity index (χ1v) is 9.41. The van der Waals surface area contributed by atoms with Crippen LogP contribution in [0.15, 0.2) is 18.2 Å². The lowest BCUT2D eigenvalue weighted by atomic mass is 9.78. The summed E-state index contributed by atoms with van der Waals surface area (Å²) in [4.78, 5) is 1.94. The van der Waals surface area contributed by atoms with Crippen LogP contribution in [0, 0.1) is 5.92 Å². The van der Waals surface area contributed by atoms with Crippen LogP contribution in [0.3, 0.4) is 0 Å². The summed E-state index contributed by atoms with van der Waals surface area (Å²) in [6.07, 6.45) is -5.00. The average Bonchev–Trinajstić information content (AvgIpc) is 2.62. The SMILES string of the molecule is Cl.FC(F)(F)c1ccc(C(F)(F)F)c([C@H](C2CCCCC2)N2CCNCC2)c1. The molecule has 1 N–H and O–H groups in total. The maximum Gasteiger partial charge on any atom is 0.416 e. The minimum Gasteiger partial charge on any atom is -0.314 e. The predicted molar refractivity (Wildman–Crippen MR) is 97.5 cm³/mol. The number of hydrogen-bond donors (Lipinski definition) is 1. The van der Waals surface area contributed by atoms with Gasteiger partial charge < -0.3 is 5.32 Å². The van der Waals surface area contributed by atoms with Crippen LogP contribution < -0.4 is 5.32 Å². The van der Waals surface area contributed by atoms with Crippen molar-refractivity contribution >= 4 is 12.4 Å². The van der Waals surface area contributed by atoms with E-state index in [9.17, 15) is 26.3 Å². The van der Waals surface area contributed by atoms with Gasteiger partial charge in [0.2, 0.25) is 0 Å². The highest BCUT2D eigenvalue weighted by Crippen LogP contribution is 2.45. The van der Waals surface area contributed by atoms with Crippen molar-refractivity contribution in [2.45, 2.75) is 50.5 Å². The standard InChI is InChI=1S/C19H24F6N2.ClH/c20-18(21,22)14-6-7-16(19(23,24)25)15(12-14)17(13-4-2-1-3-5-13)27-10-8-26-9-11-27;/h6-7,12-13,17,26H,1-5,8-11H2;1H/t17-;/m0./s1. The van der Waals surface area contributed by atoms with Crippen molar-refractivity contribution in [1.82, 2.24) is 10.2 Å². The smallest absolute Gasteiger partial charge is 0.314 e. The molecule has 0 aromatic heterocycles. The molecule has 9 heteroatoms. The van der Waals surface area contributed by atoms with Crippen LogP contribution in [-0.2, 0) is 12.4 Å². The molecule has 0 bridgehead atoms. The van der Waals surface area contributed by atoms with Crippen molar-refractivity contribution in [3.63, 3.8) is 0 Å². The normalized spacial score (nSPS) is 21.2. The summed E-state index contributed by atoms with van der Waals surface area (Å²) in [5.41, 5.74) is -2.17. The molecule has 2 aliphatic rings. The van der Waals surface area contributed by atoms with E-state index in [0.29, 0.717) is 38.3 Å². The van der Waals surface area contributed by atoms with Crippen LogP contribution in [0.25, 0.3) is 0 Å². The molecule has 1 aromatic carbocycles. The minimum atomic E-state index is -4.68. The van der Waals surface area contributed by atoms with E-state index in [1.807, 2.05) is 4.90 Å². The second-order valence-electron chi connectivity index (χ2n) is 7.43. The Labute approximate surface area is 167 Å². The van der Waals surface area contributed by atoms with Crippen LogP contribution in [0.4, 0.5) is 26.3 Å². The molecule has 2 nitrogen and oxygen atoms in total. The van der Waals surface area contributed by atoms with Crippen LogP contribution in [0.2, 0.25) is 0 Å². The Bertz CT molecular complexity index is 616. The van der Waals surface area contributed by atoms with Gasteiger partial charge >= 0.3 is 12.4 Å². The van der Waals surface area contributed by atoms with Gasteiger partial charge in [-0.15, -0.1) is 12.4 Å². The van der Waals surface area contributed by atoms with Gasteiger partial charge in [0.15, 0.2) is 0 Å². The molecule has 1 heterocycles. The summed E-state index contributed by atoms with van der Waals surface area (Å²) in [6, 6.07) is 1.26. The molecule has 0 amide bonds. The molecule has 0 radical (unpaired) electrons. The molecule has 0 unspecified atom stereocenters. The quantitative estimate of drug-likeness (QED) is 0.621. The highest BCUT2D eigenvalue weighted by Gasteiger charge is 2.41. The Balaban J connectivity index is 0.00000280. The molecule has 2 fully saturated rings. The molecule has 1 aliphatic heterocycles. The van der Waals surface area contributed by atoms with Crippen molar-refractivity contribution in [3.8, 4) is 0 Å². The van der Waals surface area contributed by atoms with E-state index < -0.39 is 29.5 Å². The molecule has 28 heavy (non-hydrogen) atoms. The zero-order valence-corrected chi connectivity index (χ0v) is 16.2. The van der Waals surface area contributed by atoms with E-state index >= 15 is 0 Å². The Morgan fingerprint density at radius 2 is 1.50 bits per heavy atom. The van der Waals surface area contributed by atoms with Crippen molar-refractivity contribution < 1.29 is 26.3 Å².